The standard InChI is InChI=1S/C56H40N2/c1-5-13-39(14-6-1)43-21-27-49(28-22-43)57-37-47-33-48-38-58(50-29-23-44(24-30-50)40-15-7-2-8-16-40)56-32-26-46(42-19-11-4-12-20-42)35-54(56)52(48)36-51(47)53-34-45(25-31-55(53)57)41-17-9-3-10-18-41/h1-36H,37-38H2. The summed E-state index contributed by atoms with van der Waals surface area (Å²) in [4.78, 5) is 5.00. The minimum Gasteiger partial charge on any atom is -0.336 e. The minimum atomic E-state index is 0.785. The van der Waals surface area contributed by atoms with Crippen LogP contribution in [0.1, 0.15) is 11.1 Å². The van der Waals surface area contributed by atoms with Gasteiger partial charge in [0.15, 0.2) is 0 Å². The average molecular weight is 741 g/mol. The van der Waals surface area contributed by atoms with E-state index < -0.39 is 0 Å². The third-order valence-electron chi connectivity index (χ3n) is 11.9. The number of benzene rings is 9. The normalized spacial score (nSPS) is 12.6. The Morgan fingerprint density at radius 3 is 0.914 bits per heavy atom. The molecule has 0 aromatic heterocycles. The van der Waals surface area contributed by atoms with E-state index in [1.54, 1.807) is 0 Å². The number of hydrogen-bond acceptors (Lipinski definition) is 2. The molecule has 2 nitrogen and oxygen atoms in total. The highest BCUT2D eigenvalue weighted by Crippen LogP contribution is 2.50. The molecule has 2 heterocycles. The molecule has 2 heteroatoms. The van der Waals surface area contributed by atoms with Crippen LogP contribution in [0.5, 0.6) is 0 Å². The monoisotopic (exact) mass is 740 g/mol. The lowest BCUT2D eigenvalue weighted by atomic mass is 9.83. The van der Waals surface area contributed by atoms with Crippen LogP contribution in [0.2, 0.25) is 0 Å². The Kier molecular flexibility index (Phi) is 8.33. The van der Waals surface area contributed by atoms with Crippen molar-refractivity contribution < 1.29 is 0 Å². The van der Waals surface area contributed by atoms with Crippen molar-refractivity contribution in [1.82, 2.24) is 0 Å². The maximum atomic E-state index is 2.50. The molecular weight excluding hydrogens is 701 g/mol. The molecule has 0 radical (unpaired) electrons. The first-order chi connectivity index (χ1) is 28.7. The Hall–Kier alpha value is -7.42. The van der Waals surface area contributed by atoms with Crippen molar-refractivity contribution in [2.45, 2.75) is 13.1 Å². The molecule has 2 aliphatic heterocycles. The Balaban J connectivity index is 1.06. The molecule has 0 unspecified atom stereocenters. The number of fused-ring (bicyclic) bond motifs is 6. The fraction of sp³-hybridized carbons (Fsp3) is 0.0357. The smallest absolute Gasteiger partial charge is 0.0494 e. The number of rotatable bonds is 6. The molecule has 9 aromatic rings. The van der Waals surface area contributed by atoms with E-state index in [0.717, 1.165) is 13.1 Å². The average Bonchev–Trinajstić information content (AvgIpc) is 3.31. The fourth-order valence-corrected chi connectivity index (χ4v) is 8.95. The van der Waals surface area contributed by atoms with E-state index in [2.05, 4.69) is 228 Å². The predicted octanol–water partition coefficient (Wildman–Crippen LogP) is 15.0. The molecule has 0 saturated carbocycles. The molecule has 0 aliphatic carbocycles. The van der Waals surface area contributed by atoms with Gasteiger partial charge in [-0.15, -0.1) is 0 Å². The minimum absolute atomic E-state index is 0.785. The van der Waals surface area contributed by atoms with Gasteiger partial charge < -0.3 is 9.80 Å². The highest BCUT2D eigenvalue weighted by molar-refractivity contribution is 5.96. The molecule has 0 spiro atoms. The van der Waals surface area contributed by atoms with Crippen LogP contribution in [0.15, 0.2) is 218 Å². The summed E-state index contributed by atoms with van der Waals surface area (Å²) in [5.74, 6) is 0. The van der Waals surface area contributed by atoms with Crippen molar-refractivity contribution in [3.8, 4) is 66.8 Å². The topological polar surface area (TPSA) is 6.48 Å². The Morgan fingerprint density at radius 1 is 0.241 bits per heavy atom. The van der Waals surface area contributed by atoms with Crippen molar-refractivity contribution in [2.75, 3.05) is 9.80 Å². The summed E-state index contributed by atoms with van der Waals surface area (Å²) in [7, 11) is 0. The molecule has 0 fully saturated rings. The first-order valence-electron chi connectivity index (χ1n) is 20.2. The molecule has 58 heavy (non-hydrogen) atoms. The maximum absolute atomic E-state index is 2.50. The SMILES string of the molecule is c1ccc(-c2ccc(N3Cc4cc5c(cc4-c4cc(-c6ccccc6)ccc43)-c3cc(-c4ccccc4)ccc3N(c3ccc(-c4ccccc4)cc3)C5)cc2)cc1. The zero-order chi connectivity index (χ0) is 38.4. The fourth-order valence-electron chi connectivity index (χ4n) is 8.95. The van der Waals surface area contributed by atoms with Crippen LogP contribution in [-0.2, 0) is 13.1 Å². The van der Waals surface area contributed by atoms with E-state index in [4.69, 9.17) is 0 Å². The van der Waals surface area contributed by atoms with Gasteiger partial charge in [0.1, 0.15) is 0 Å². The molecule has 2 aliphatic rings. The first kappa shape index (κ1) is 33.9. The van der Waals surface area contributed by atoms with Gasteiger partial charge in [0, 0.05) is 47.0 Å². The Morgan fingerprint density at radius 2 is 0.552 bits per heavy atom. The summed E-state index contributed by atoms with van der Waals surface area (Å²) in [5, 5.41) is 0. The molecule has 274 valence electrons. The van der Waals surface area contributed by atoms with Crippen LogP contribution in [-0.4, -0.2) is 0 Å². The molecule has 0 bridgehead atoms. The summed E-state index contributed by atoms with van der Waals surface area (Å²) in [5.41, 5.74) is 22.4. The third-order valence-corrected chi connectivity index (χ3v) is 11.9. The van der Waals surface area contributed by atoms with Crippen LogP contribution in [0.3, 0.4) is 0 Å². The summed E-state index contributed by atoms with van der Waals surface area (Å²) >= 11 is 0. The first-order valence-corrected chi connectivity index (χ1v) is 20.2. The lowest BCUT2D eigenvalue weighted by Gasteiger charge is -2.37. The highest BCUT2D eigenvalue weighted by Gasteiger charge is 2.30. The van der Waals surface area contributed by atoms with Gasteiger partial charge in [0.2, 0.25) is 0 Å². The van der Waals surface area contributed by atoms with Gasteiger partial charge >= 0.3 is 0 Å². The van der Waals surface area contributed by atoms with Gasteiger partial charge in [-0.2, -0.15) is 0 Å². The van der Waals surface area contributed by atoms with Crippen LogP contribution in [0.4, 0.5) is 22.7 Å². The van der Waals surface area contributed by atoms with Gasteiger partial charge in [-0.3, -0.25) is 0 Å². The Bertz CT molecular complexity index is 2700. The van der Waals surface area contributed by atoms with Gasteiger partial charge in [-0.25, -0.2) is 0 Å². The van der Waals surface area contributed by atoms with Crippen LogP contribution in [0.25, 0.3) is 66.8 Å². The quantitative estimate of drug-likeness (QED) is 0.167. The Labute approximate surface area is 340 Å². The third kappa shape index (κ3) is 6.07. The van der Waals surface area contributed by atoms with Crippen molar-refractivity contribution >= 4 is 22.7 Å². The molecule has 0 atom stereocenters. The van der Waals surface area contributed by atoms with E-state index in [9.17, 15) is 0 Å². The summed E-state index contributed by atoms with van der Waals surface area (Å²) in [6.07, 6.45) is 0. The van der Waals surface area contributed by atoms with E-state index in [0.29, 0.717) is 0 Å². The number of anilines is 4. The summed E-state index contributed by atoms with van der Waals surface area (Å²) < 4.78 is 0. The van der Waals surface area contributed by atoms with Crippen molar-refractivity contribution in [3.63, 3.8) is 0 Å². The molecule has 9 aromatic carbocycles. The molecule has 0 amide bonds. The molecule has 0 N–H and O–H groups in total. The molecule has 0 saturated heterocycles. The van der Waals surface area contributed by atoms with Gasteiger partial charge in [0.05, 0.1) is 0 Å². The second kappa shape index (κ2) is 14.3. The van der Waals surface area contributed by atoms with Gasteiger partial charge in [-0.1, -0.05) is 164 Å². The number of nitrogens with zero attached hydrogens (tertiary/aromatic N) is 2. The molecular formula is C56H40N2. The second-order valence-corrected chi connectivity index (χ2v) is 15.4. The van der Waals surface area contributed by atoms with Gasteiger partial charge in [-0.05, 0) is 121 Å². The van der Waals surface area contributed by atoms with E-state index in [1.807, 2.05) is 0 Å². The van der Waals surface area contributed by atoms with Crippen molar-refractivity contribution in [2.24, 2.45) is 0 Å². The van der Waals surface area contributed by atoms with Crippen LogP contribution < -0.4 is 9.80 Å². The van der Waals surface area contributed by atoms with Crippen LogP contribution in [0, 0.1) is 0 Å². The second-order valence-electron chi connectivity index (χ2n) is 15.4. The molecule has 11 rings (SSSR count). The zero-order valence-corrected chi connectivity index (χ0v) is 32.1. The largest absolute Gasteiger partial charge is 0.336 e. The van der Waals surface area contributed by atoms with Crippen molar-refractivity contribution in [1.29, 1.82) is 0 Å². The van der Waals surface area contributed by atoms with E-state index in [-0.39, 0.29) is 0 Å². The lowest BCUT2D eigenvalue weighted by molar-refractivity contribution is 0.930. The van der Waals surface area contributed by atoms with E-state index >= 15 is 0 Å². The maximum Gasteiger partial charge on any atom is 0.0494 e. The van der Waals surface area contributed by atoms with Crippen molar-refractivity contribution in [3.05, 3.63) is 230 Å². The van der Waals surface area contributed by atoms with E-state index in [1.165, 1.54) is 101 Å². The zero-order valence-electron chi connectivity index (χ0n) is 32.1. The number of hydrogen-bond donors (Lipinski definition) is 0. The van der Waals surface area contributed by atoms with Gasteiger partial charge in [0.25, 0.3) is 0 Å². The summed E-state index contributed by atoms with van der Waals surface area (Å²) in [6, 6.07) is 80.0. The highest BCUT2D eigenvalue weighted by atomic mass is 15.2. The predicted molar refractivity (Wildman–Crippen MR) is 244 cm³/mol. The summed E-state index contributed by atoms with van der Waals surface area (Å²) in [6.45, 7) is 1.57. The van der Waals surface area contributed by atoms with Crippen LogP contribution >= 0.6 is 0 Å². The lowest BCUT2D eigenvalue weighted by Crippen LogP contribution is -2.24.